The van der Waals surface area contributed by atoms with Gasteiger partial charge < -0.3 is 14.6 Å². The molecule has 0 amide bonds. The molecule has 0 saturated carbocycles. The van der Waals surface area contributed by atoms with Crippen molar-refractivity contribution >= 4 is 28.9 Å². The van der Waals surface area contributed by atoms with Gasteiger partial charge in [0.1, 0.15) is 18.2 Å². The summed E-state index contributed by atoms with van der Waals surface area (Å²) in [5.41, 5.74) is 0.247. The number of halogens is 4. The highest BCUT2D eigenvalue weighted by Crippen LogP contribution is 2.28. The van der Waals surface area contributed by atoms with E-state index in [1.807, 2.05) is 0 Å². The lowest BCUT2D eigenvalue weighted by Crippen LogP contribution is -2.22. The Bertz CT molecular complexity index is 1010. The highest BCUT2D eigenvalue weighted by Gasteiger charge is 2.13. The lowest BCUT2D eigenvalue weighted by Gasteiger charge is -2.12. The third-order valence-electron chi connectivity index (χ3n) is 3.60. The quantitative estimate of drug-likeness (QED) is 0.578. The van der Waals surface area contributed by atoms with E-state index in [1.54, 1.807) is 18.2 Å². The summed E-state index contributed by atoms with van der Waals surface area (Å²) in [7, 11) is 0. The molecule has 0 aliphatic heterocycles. The molecule has 2 aromatic carbocycles. The van der Waals surface area contributed by atoms with Crippen molar-refractivity contribution in [3.8, 4) is 5.75 Å². The molecule has 0 aliphatic carbocycles. The molecule has 0 atom stereocenters. The van der Waals surface area contributed by atoms with Crippen molar-refractivity contribution in [2.24, 2.45) is 0 Å². The van der Waals surface area contributed by atoms with Crippen LogP contribution in [-0.4, -0.2) is 11.0 Å². The number of aromatic nitrogens is 1. The molecule has 0 aliphatic rings. The largest absolute Gasteiger partial charge is 0.543 e. The maximum atomic E-state index is 13.7. The fraction of sp³-hybridized carbons (Fsp3) is 0.111. The van der Waals surface area contributed by atoms with Crippen LogP contribution in [0, 0.1) is 17.5 Å². The number of rotatable bonds is 6. The Morgan fingerprint density at radius 2 is 1.85 bits per heavy atom. The topological polar surface area (TPSA) is 62.2 Å². The standard InChI is InChI=1S/C18H11ClF3NO3S/c19-11-1-2-16(26-7-10-4-13(21)14(22)6-12(10)20)9(3-11)5-17-23-15(8-27-17)18(24)25/h1-4,6,8H,5,7H2,(H,24,25)/p-1. The Labute approximate surface area is 160 Å². The summed E-state index contributed by atoms with van der Waals surface area (Å²) >= 11 is 7.12. The molecule has 0 unspecified atom stereocenters. The number of ether oxygens (including phenoxy) is 1. The van der Waals surface area contributed by atoms with Crippen molar-refractivity contribution < 1.29 is 27.8 Å². The third kappa shape index (κ3) is 4.58. The van der Waals surface area contributed by atoms with E-state index < -0.39 is 23.4 Å². The monoisotopic (exact) mass is 412 g/mol. The third-order valence-corrected chi connectivity index (χ3v) is 4.68. The molecule has 0 spiro atoms. The first-order valence-corrected chi connectivity index (χ1v) is 8.79. The van der Waals surface area contributed by atoms with Gasteiger partial charge in [0, 0.05) is 34.0 Å². The first-order valence-electron chi connectivity index (χ1n) is 7.54. The highest BCUT2D eigenvalue weighted by atomic mass is 35.5. The van der Waals surface area contributed by atoms with Crippen molar-refractivity contribution in [3.63, 3.8) is 0 Å². The van der Waals surface area contributed by atoms with Crippen LogP contribution in [0.1, 0.15) is 26.6 Å². The van der Waals surface area contributed by atoms with Gasteiger partial charge in [-0.25, -0.2) is 18.2 Å². The fourth-order valence-electron chi connectivity index (χ4n) is 2.31. The lowest BCUT2D eigenvalue weighted by atomic mass is 10.1. The van der Waals surface area contributed by atoms with E-state index in [2.05, 4.69) is 4.98 Å². The van der Waals surface area contributed by atoms with Gasteiger partial charge in [-0.1, -0.05) is 11.6 Å². The van der Waals surface area contributed by atoms with Crippen molar-refractivity contribution in [2.45, 2.75) is 13.0 Å². The second-order valence-electron chi connectivity index (χ2n) is 5.49. The number of hydrogen-bond donors (Lipinski definition) is 0. The van der Waals surface area contributed by atoms with Gasteiger partial charge in [-0.15, -0.1) is 11.3 Å². The molecule has 0 N–H and O–H groups in total. The first kappa shape index (κ1) is 19.2. The van der Waals surface area contributed by atoms with E-state index in [4.69, 9.17) is 16.3 Å². The summed E-state index contributed by atoms with van der Waals surface area (Å²) in [6.07, 6.45) is 0.216. The van der Waals surface area contributed by atoms with E-state index in [1.165, 1.54) is 5.38 Å². The average Bonchev–Trinajstić information content (AvgIpc) is 3.07. The van der Waals surface area contributed by atoms with Crippen molar-refractivity contribution in [1.29, 1.82) is 0 Å². The van der Waals surface area contributed by atoms with Crippen LogP contribution in [0.15, 0.2) is 35.7 Å². The molecule has 1 heterocycles. The zero-order valence-corrected chi connectivity index (χ0v) is 15.0. The molecule has 4 nitrogen and oxygen atoms in total. The summed E-state index contributed by atoms with van der Waals surface area (Å²) < 4.78 is 45.6. The fourth-order valence-corrected chi connectivity index (χ4v) is 3.29. The van der Waals surface area contributed by atoms with Crippen LogP contribution in [0.25, 0.3) is 0 Å². The number of carbonyl (C=O) groups is 1. The van der Waals surface area contributed by atoms with Crippen molar-refractivity contribution in [1.82, 2.24) is 4.98 Å². The van der Waals surface area contributed by atoms with Crippen LogP contribution >= 0.6 is 22.9 Å². The predicted octanol–water partition coefficient (Wildman–Crippen LogP) is 3.75. The van der Waals surface area contributed by atoms with Gasteiger partial charge in [0.15, 0.2) is 11.6 Å². The number of carboxylic acids is 1. The number of carbonyl (C=O) groups excluding carboxylic acids is 1. The van der Waals surface area contributed by atoms with Crippen LogP contribution in [0.4, 0.5) is 13.2 Å². The molecule has 9 heteroatoms. The first-order chi connectivity index (χ1) is 12.8. The summed E-state index contributed by atoms with van der Waals surface area (Å²) in [5, 5.41) is 13.1. The number of aromatic carboxylic acids is 1. The van der Waals surface area contributed by atoms with Gasteiger partial charge in [0.05, 0.1) is 16.7 Å². The Kier molecular flexibility index (Phi) is 5.67. The minimum Gasteiger partial charge on any atom is -0.543 e. The van der Waals surface area contributed by atoms with Crippen LogP contribution in [0.2, 0.25) is 5.02 Å². The molecule has 1 aromatic heterocycles. The predicted molar refractivity (Wildman–Crippen MR) is 91.4 cm³/mol. The highest BCUT2D eigenvalue weighted by molar-refractivity contribution is 7.09. The van der Waals surface area contributed by atoms with E-state index in [0.29, 0.717) is 27.4 Å². The second-order valence-corrected chi connectivity index (χ2v) is 6.87. The maximum absolute atomic E-state index is 13.7. The Morgan fingerprint density at radius 3 is 2.56 bits per heavy atom. The van der Waals surface area contributed by atoms with Crippen LogP contribution in [-0.2, 0) is 13.0 Å². The zero-order valence-electron chi connectivity index (χ0n) is 13.5. The van der Waals surface area contributed by atoms with Gasteiger partial charge in [0.25, 0.3) is 0 Å². The van der Waals surface area contributed by atoms with Gasteiger partial charge >= 0.3 is 0 Å². The molecular weight excluding hydrogens is 403 g/mol. The summed E-state index contributed by atoms with van der Waals surface area (Å²) in [4.78, 5) is 14.8. The Morgan fingerprint density at radius 1 is 1.11 bits per heavy atom. The molecule has 27 heavy (non-hydrogen) atoms. The van der Waals surface area contributed by atoms with Gasteiger partial charge in [-0.3, -0.25) is 0 Å². The normalized spacial score (nSPS) is 10.8. The van der Waals surface area contributed by atoms with Gasteiger partial charge in [-0.05, 0) is 24.3 Å². The van der Waals surface area contributed by atoms with Crippen LogP contribution in [0.5, 0.6) is 5.75 Å². The van der Waals surface area contributed by atoms with E-state index in [0.717, 1.165) is 17.4 Å². The van der Waals surface area contributed by atoms with Gasteiger partial charge in [-0.2, -0.15) is 0 Å². The average molecular weight is 413 g/mol. The van der Waals surface area contributed by atoms with Gasteiger partial charge in [0.2, 0.25) is 0 Å². The van der Waals surface area contributed by atoms with E-state index in [-0.39, 0.29) is 24.3 Å². The number of nitrogens with zero attached hydrogens (tertiary/aromatic N) is 1. The second kappa shape index (κ2) is 7.98. The number of hydrogen-bond acceptors (Lipinski definition) is 5. The maximum Gasteiger partial charge on any atom is 0.161 e. The van der Waals surface area contributed by atoms with E-state index in [9.17, 15) is 23.1 Å². The minimum atomic E-state index is -1.38. The Hall–Kier alpha value is -2.58. The van der Waals surface area contributed by atoms with Crippen LogP contribution < -0.4 is 9.84 Å². The molecule has 3 aromatic rings. The smallest absolute Gasteiger partial charge is 0.161 e. The SMILES string of the molecule is O=C([O-])c1csc(Cc2cc(Cl)ccc2OCc2cc(F)c(F)cc2F)n1. The number of benzene rings is 2. The summed E-state index contributed by atoms with van der Waals surface area (Å²) in [5.74, 6) is -4.44. The molecule has 0 fully saturated rings. The van der Waals surface area contributed by atoms with Crippen molar-refractivity contribution in [2.75, 3.05) is 0 Å². The molecule has 0 bridgehead atoms. The van der Waals surface area contributed by atoms with E-state index >= 15 is 0 Å². The Balaban J connectivity index is 1.81. The molecule has 0 radical (unpaired) electrons. The summed E-state index contributed by atoms with van der Waals surface area (Å²) in [6.45, 7) is -0.334. The summed E-state index contributed by atoms with van der Waals surface area (Å²) in [6, 6.07) is 5.87. The minimum absolute atomic E-state index is 0.150. The zero-order chi connectivity index (χ0) is 19.6. The molecule has 0 saturated heterocycles. The number of thiazole rings is 1. The van der Waals surface area contributed by atoms with Crippen LogP contribution in [0.3, 0.4) is 0 Å². The van der Waals surface area contributed by atoms with Crippen molar-refractivity contribution in [3.05, 3.63) is 80.0 Å². The lowest BCUT2D eigenvalue weighted by molar-refractivity contribution is -0.255. The molecule has 3 rings (SSSR count). The molecular formula is C18H10ClF3NO3S-. The number of carboxylic acid groups (broad SMARTS) is 1. The molecule has 140 valence electrons.